The smallest absolute Gasteiger partial charge is 0.265 e. The summed E-state index contributed by atoms with van der Waals surface area (Å²) in [6, 6.07) is 3.28. The van der Waals surface area contributed by atoms with E-state index in [0.717, 1.165) is 22.3 Å². The summed E-state index contributed by atoms with van der Waals surface area (Å²) in [5, 5.41) is 2.34. The van der Waals surface area contributed by atoms with E-state index in [1.807, 2.05) is 6.92 Å². The third-order valence-electron chi connectivity index (χ3n) is 3.23. The fraction of sp³-hybridized carbons (Fsp3) is 0.286. The SMILES string of the molecule is COc1c(C)ccc(NS(=O)(=O)c2cscc2C(F)F)c1C. The van der Waals surface area contributed by atoms with Gasteiger partial charge in [-0.05, 0) is 25.5 Å². The van der Waals surface area contributed by atoms with Gasteiger partial charge in [0.15, 0.2) is 0 Å². The Morgan fingerprint density at radius 1 is 1.23 bits per heavy atom. The van der Waals surface area contributed by atoms with Crippen LogP contribution in [0.15, 0.2) is 27.8 Å². The van der Waals surface area contributed by atoms with Gasteiger partial charge in [-0.1, -0.05) is 6.07 Å². The van der Waals surface area contributed by atoms with E-state index in [1.165, 1.54) is 12.5 Å². The first-order chi connectivity index (χ1) is 10.3. The average molecular weight is 347 g/mol. The highest BCUT2D eigenvalue weighted by molar-refractivity contribution is 7.93. The average Bonchev–Trinajstić information content (AvgIpc) is 2.93. The Morgan fingerprint density at radius 3 is 2.50 bits per heavy atom. The van der Waals surface area contributed by atoms with Gasteiger partial charge >= 0.3 is 0 Å². The van der Waals surface area contributed by atoms with Gasteiger partial charge in [0.2, 0.25) is 0 Å². The van der Waals surface area contributed by atoms with Crippen LogP contribution in [-0.4, -0.2) is 15.5 Å². The Balaban J connectivity index is 2.44. The van der Waals surface area contributed by atoms with Gasteiger partial charge in [0.25, 0.3) is 16.4 Å². The van der Waals surface area contributed by atoms with E-state index in [2.05, 4.69) is 4.72 Å². The van der Waals surface area contributed by atoms with Crippen LogP contribution in [0.2, 0.25) is 0 Å². The van der Waals surface area contributed by atoms with E-state index in [9.17, 15) is 17.2 Å². The maximum absolute atomic E-state index is 12.9. The van der Waals surface area contributed by atoms with Gasteiger partial charge in [0.1, 0.15) is 10.6 Å². The molecule has 1 heterocycles. The molecule has 0 aliphatic rings. The molecular weight excluding hydrogens is 332 g/mol. The monoisotopic (exact) mass is 347 g/mol. The largest absolute Gasteiger partial charge is 0.496 e. The Bertz CT molecular complexity index is 785. The number of anilines is 1. The van der Waals surface area contributed by atoms with Crippen LogP contribution >= 0.6 is 11.3 Å². The molecule has 0 unspecified atom stereocenters. The summed E-state index contributed by atoms with van der Waals surface area (Å²) < 4.78 is 58.0. The van der Waals surface area contributed by atoms with Crippen LogP contribution in [0.4, 0.5) is 14.5 Å². The van der Waals surface area contributed by atoms with E-state index >= 15 is 0 Å². The first-order valence-electron chi connectivity index (χ1n) is 6.29. The molecule has 0 spiro atoms. The van der Waals surface area contributed by atoms with Gasteiger partial charge in [0, 0.05) is 21.9 Å². The van der Waals surface area contributed by atoms with Crippen molar-refractivity contribution < 1.29 is 21.9 Å². The van der Waals surface area contributed by atoms with Crippen molar-refractivity contribution in [3.63, 3.8) is 0 Å². The third-order valence-corrected chi connectivity index (χ3v) is 5.56. The Morgan fingerprint density at radius 2 is 1.91 bits per heavy atom. The number of halogens is 2. The maximum atomic E-state index is 12.9. The number of methoxy groups -OCH3 is 1. The van der Waals surface area contributed by atoms with E-state index in [1.54, 1.807) is 19.1 Å². The molecular formula is C14H15F2NO3S2. The predicted octanol–water partition coefficient (Wildman–Crippen LogP) is 4.11. The fourth-order valence-corrected chi connectivity index (χ4v) is 4.66. The summed E-state index contributed by atoms with van der Waals surface area (Å²) in [4.78, 5) is -0.397. The molecule has 1 aromatic carbocycles. The minimum atomic E-state index is -4.08. The van der Waals surface area contributed by atoms with Crippen molar-refractivity contribution in [2.75, 3.05) is 11.8 Å². The van der Waals surface area contributed by atoms with Gasteiger partial charge in [0.05, 0.1) is 12.8 Å². The summed E-state index contributed by atoms with van der Waals surface area (Å²) in [6.45, 7) is 3.53. The van der Waals surface area contributed by atoms with Crippen LogP contribution in [-0.2, 0) is 10.0 Å². The Hall–Kier alpha value is -1.67. The highest BCUT2D eigenvalue weighted by atomic mass is 32.2. The standard InChI is InChI=1S/C14H15F2NO3S2/c1-8-4-5-11(9(2)13(8)20-3)17-22(18,19)12-7-21-6-10(12)14(15)16/h4-7,14,17H,1-3H3. The number of hydrogen-bond donors (Lipinski definition) is 1. The van der Waals surface area contributed by atoms with Crippen LogP contribution in [0, 0.1) is 13.8 Å². The molecule has 0 atom stereocenters. The van der Waals surface area contributed by atoms with Gasteiger partial charge < -0.3 is 4.74 Å². The number of ether oxygens (including phenoxy) is 1. The van der Waals surface area contributed by atoms with Crippen LogP contribution in [0.25, 0.3) is 0 Å². The Labute approximate surface area is 131 Å². The molecule has 22 heavy (non-hydrogen) atoms. The summed E-state index contributed by atoms with van der Waals surface area (Å²) in [6.07, 6.45) is -2.84. The minimum absolute atomic E-state index is 0.300. The van der Waals surface area contributed by atoms with E-state index in [4.69, 9.17) is 4.74 Å². The van der Waals surface area contributed by atoms with Crippen molar-refractivity contribution in [1.29, 1.82) is 0 Å². The number of aryl methyl sites for hydroxylation is 1. The zero-order chi connectivity index (χ0) is 16.5. The summed E-state index contributed by atoms with van der Waals surface area (Å²) in [5.74, 6) is 0.555. The number of sulfonamides is 1. The van der Waals surface area contributed by atoms with Crippen molar-refractivity contribution in [2.45, 2.75) is 25.2 Å². The Kier molecular flexibility index (Phi) is 4.72. The topological polar surface area (TPSA) is 55.4 Å². The number of alkyl halides is 2. The predicted molar refractivity (Wildman–Crippen MR) is 82.6 cm³/mol. The molecule has 1 aromatic heterocycles. The van der Waals surface area contributed by atoms with E-state index in [0.29, 0.717) is 17.0 Å². The molecule has 1 N–H and O–H groups in total. The molecule has 4 nitrogen and oxygen atoms in total. The lowest BCUT2D eigenvalue weighted by molar-refractivity contribution is 0.148. The summed E-state index contributed by atoms with van der Waals surface area (Å²) in [7, 11) is -2.59. The van der Waals surface area contributed by atoms with Gasteiger partial charge in [-0.3, -0.25) is 4.72 Å². The zero-order valence-electron chi connectivity index (χ0n) is 12.2. The molecule has 0 radical (unpaired) electrons. The first kappa shape index (κ1) is 16.7. The number of hydrogen-bond acceptors (Lipinski definition) is 4. The normalized spacial score (nSPS) is 11.7. The van der Waals surface area contributed by atoms with Crippen molar-refractivity contribution in [1.82, 2.24) is 0 Å². The molecule has 0 aliphatic carbocycles. The highest BCUT2D eigenvalue weighted by Gasteiger charge is 2.25. The molecule has 2 aromatic rings. The van der Waals surface area contributed by atoms with E-state index < -0.39 is 26.9 Å². The van der Waals surface area contributed by atoms with E-state index in [-0.39, 0.29) is 0 Å². The lowest BCUT2D eigenvalue weighted by Gasteiger charge is -2.15. The molecule has 0 aliphatic heterocycles. The van der Waals surface area contributed by atoms with Crippen molar-refractivity contribution in [3.05, 3.63) is 39.6 Å². The van der Waals surface area contributed by atoms with Gasteiger partial charge in [-0.15, -0.1) is 0 Å². The second-order valence-corrected chi connectivity index (χ2v) is 7.08. The summed E-state index contributed by atoms with van der Waals surface area (Å²) in [5.41, 5.74) is 1.26. The molecule has 2 rings (SSSR count). The summed E-state index contributed by atoms with van der Waals surface area (Å²) >= 11 is 0.922. The number of rotatable bonds is 5. The molecule has 0 amide bonds. The number of thiophene rings is 1. The zero-order valence-corrected chi connectivity index (χ0v) is 13.8. The van der Waals surface area contributed by atoms with Crippen molar-refractivity contribution in [3.8, 4) is 5.75 Å². The second-order valence-electron chi connectivity index (χ2n) is 4.69. The lowest BCUT2D eigenvalue weighted by atomic mass is 10.1. The van der Waals surface area contributed by atoms with Crippen LogP contribution in [0.5, 0.6) is 5.75 Å². The number of nitrogens with one attached hydrogen (secondary N) is 1. The number of benzene rings is 1. The quantitative estimate of drug-likeness (QED) is 0.885. The highest BCUT2D eigenvalue weighted by Crippen LogP contribution is 2.34. The molecule has 8 heteroatoms. The third kappa shape index (κ3) is 3.07. The molecule has 0 saturated carbocycles. The molecule has 120 valence electrons. The van der Waals surface area contributed by atoms with Crippen molar-refractivity contribution in [2.24, 2.45) is 0 Å². The molecule has 0 bridgehead atoms. The molecule has 0 fully saturated rings. The maximum Gasteiger partial charge on any atom is 0.265 e. The molecule has 0 saturated heterocycles. The van der Waals surface area contributed by atoms with Gasteiger partial charge in [-0.25, -0.2) is 17.2 Å². The van der Waals surface area contributed by atoms with Crippen LogP contribution in [0.3, 0.4) is 0 Å². The second kappa shape index (κ2) is 6.21. The van der Waals surface area contributed by atoms with Crippen LogP contribution < -0.4 is 9.46 Å². The minimum Gasteiger partial charge on any atom is -0.496 e. The lowest BCUT2D eigenvalue weighted by Crippen LogP contribution is -2.15. The van der Waals surface area contributed by atoms with Crippen LogP contribution in [0.1, 0.15) is 23.1 Å². The van der Waals surface area contributed by atoms with Crippen molar-refractivity contribution >= 4 is 27.0 Å². The fourth-order valence-electron chi connectivity index (χ4n) is 2.12. The first-order valence-corrected chi connectivity index (χ1v) is 8.71. The van der Waals surface area contributed by atoms with Gasteiger partial charge in [-0.2, -0.15) is 11.3 Å².